The van der Waals surface area contributed by atoms with E-state index in [2.05, 4.69) is 50.2 Å². The Bertz CT molecular complexity index is 526. The van der Waals surface area contributed by atoms with Crippen LogP contribution >= 0.6 is 0 Å². The third-order valence-electron chi connectivity index (χ3n) is 7.53. The van der Waals surface area contributed by atoms with Crippen LogP contribution in [0.4, 0.5) is 0 Å². The van der Waals surface area contributed by atoms with Gasteiger partial charge in [-0.15, -0.1) is 0 Å². The van der Waals surface area contributed by atoms with Crippen molar-refractivity contribution in [2.75, 3.05) is 20.6 Å². The third-order valence-corrected chi connectivity index (χ3v) is 7.53. The molecule has 0 aliphatic rings. The Labute approximate surface area is 232 Å². The molecule has 0 fully saturated rings. The lowest BCUT2D eigenvalue weighted by atomic mass is 9.90. The molecule has 1 atom stereocenters. The molecule has 37 heavy (non-hydrogen) atoms. The summed E-state index contributed by atoms with van der Waals surface area (Å²) in [4.78, 5) is 12.9. The van der Waals surface area contributed by atoms with Crippen molar-refractivity contribution >= 4 is 5.97 Å². The summed E-state index contributed by atoms with van der Waals surface area (Å²) in [6.45, 7) is 3.48. The highest BCUT2D eigenvalue weighted by molar-refractivity contribution is 5.66. The maximum Gasteiger partial charge on any atom is 0.303 e. The molecule has 0 saturated carbocycles. The molecule has 0 radical (unpaired) electrons. The lowest BCUT2D eigenvalue weighted by Crippen LogP contribution is -2.14. The van der Waals surface area contributed by atoms with E-state index >= 15 is 0 Å². The molecule has 0 heterocycles. The first kappa shape index (κ1) is 35.9. The molecule has 3 heteroatoms. The molecule has 0 aromatic heterocycles. The van der Waals surface area contributed by atoms with E-state index in [1.165, 1.54) is 135 Å². The fourth-order valence-electron chi connectivity index (χ4n) is 5.14. The number of aliphatic carboxylic acids is 1. The lowest BCUT2D eigenvalue weighted by Gasteiger charge is -2.18. The van der Waals surface area contributed by atoms with E-state index in [9.17, 15) is 4.79 Å². The van der Waals surface area contributed by atoms with Crippen LogP contribution in [-0.2, 0) is 4.79 Å². The Morgan fingerprint density at radius 2 is 1.08 bits per heavy atom. The Morgan fingerprint density at radius 3 is 1.59 bits per heavy atom. The molecule has 0 aliphatic carbocycles. The van der Waals surface area contributed by atoms with Gasteiger partial charge in [0, 0.05) is 6.42 Å². The van der Waals surface area contributed by atoms with Gasteiger partial charge in [0.25, 0.3) is 0 Å². The minimum Gasteiger partial charge on any atom is -0.481 e. The quantitative estimate of drug-likeness (QED) is 0.0789. The van der Waals surface area contributed by atoms with Crippen LogP contribution in [0.1, 0.15) is 161 Å². The summed E-state index contributed by atoms with van der Waals surface area (Å²) in [5.41, 5.74) is 0. The van der Waals surface area contributed by atoms with Gasteiger partial charge in [0.15, 0.2) is 0 Å². The van der Waals surface area contributed by atoms with E-state index in [1.54, 1.807) is 0 Å². The molecule has 0 aromatic carbocycles. The zero-order chi connectivity index (χ0) is 27.2. The van der Waals surface area contributed by atoms with E-state index in [0.717, 1.165) is 25.2 Å². The van der Waals surface area contributed by atoms with E-state index < -0.39 is 5.97 Å². The molecule has 0 saturated heterocycles. The maximum absolute atomic E-state index is 10.6. The highest BCUT2D eigenvalue weighted by Crippen LogP contribution is 2.23. The van der Waals surface area contributed by atoms with Crippen LogP contribution in [0.2, 0.25) is 0 Å². The van der Waals surface area contributed by atoms with Crippen LogP contribution in [0, 0.1) is 5.92 Å². The van der Waals surface area contributed by atoms with Crippen molar-refractivity contribution in [3.8, 4) is 0 Å². The van der Waals surface area contributed by atoms with Gasteiger partial charge in [-0.25, -0.2) is 0 Å². The third kappa shape index (κ3) is 31.0. The Balaban J connectivity index is 3.72. The summed E-state index contributed by atoms with van der Waals surface area (Å²) >= 11 is 0. The molecule has 0 bridgehead atoms. The molecule has 1 unspecified atom stereocenters. The number of unbranched alkanes of at least 4 members (excludes halogenated alkanes) is 15. The molecule has 0 aliphatic heterocycles. The number of hydrogen-bond acceptors (Lipinski definition) is 2. The molecule has 218 valence electrons. The number of carboxylic acids is 1. The van der Waals surface area contributed by atoms with Crippen LogP contribution in [0.3, 0.4) is 0 Å². The number of carbonyl (C=O) groups is 1. The van der Waals surface area contributed by atoms with Gasteiger partial charge in [-0.05, 0) is 77.9 Å². The maximum atomic E-state index is 10.6. The second-order valence-electron chi connectivity index (χ2n) is 11.6. The van der Waals surface area contributed by atoms with Gasteiger partial charge in [0.05, 0.1) is 0 Å². The van der Waals surface area contributed by atoms with Gasteiger partial charge in [0.1, 0.15) is 0 Å². The lowest BCUT2D eigenvalue weighted by molar-refractivity contribution is -0.137. The number of allylic oxidation sites excluding steroid dienone is 4. The standard InChI is InChI=1S/C34H65NO2/c1-4-5-6-7-8-9-10-11-12-13-14-15-16-17-18-21-24-28-33(30-27-32-35(2)3)29-25-22-19-20-23-26-31-34(36)37/h8-9,11-12,33H,4-7,10,13-32H2,1-3H3,(H,36,37)/b9-8-,12-11-. The molecule has 0 rings (SSSR count). The summed E-state index contributed by atoms with van der Waals surface area (Å²) in [6.07, 6.45) is 39.8. The first-order valence-electron chi connectivity index (χ1n) is 16.2. The highest BCUT2D eigenvalue weighted by atomic mass is 16.4. The molecule has 0 spiro atoms. The fraction of sp³-hybridized carbons (Fsp3) is 0.853. The Morgan fingerprint density at radius 1 is 0.622 bits per heavy atom. The molecular formula is C34H65NO2. The summed E-state index contributed by atoms with van der Waals surface area (Å²) in [5.74, 6) is 0.255. The zero-order valence-electron chi connectivity index (χ0n) is 25.4. The van der Waals surface area contributed by atoms with Crippen molar-refractivity contribution in [3.63, 3.8) is 0 Å². The van der Waals surface area contributed by atoms with Crippen LogP contribution in [0.25, 0.3) is 0 Å². The molecule has 1 N–H and O–H groups in total. The number of nitrogens with zero attached hydrogens (tertiary/aromatic N) is 1. The average molecular weight is 520 g/mol. The van der Waals surface area contributed by atoms with Gasteiger partial charge >= 0.3 is 5.97 Å². The normalized spacial score (nSPS) is 12.9. The van der Waals surface area contributed by atoms with Crippen molar-refractivity contribution in [1.29, 1.82) is 0 Å². The summed E-state index contributed by atoms with van der Waals surface area (Å²) in [5, 5.41) is 8.73. The molecule has 0 aromatic rings. The minimum absolute atomic E-state index is 0.336. The zero-order valence-corrected chi connectivity index (χ0v) is 25.4. The van der Waals surface area contributed by atoms with Crippen LogP contribution < -0.4 is 0 Å². The van der Waals surface area contributed by atoms with E-state index in [0.29, 0.717) is 6.42 Å². The first-order chi connectivity index (χ1) is 18.1. The Hall–Kier alpha value is -1.09. The van der Waals surface area contributed by atoms with Gasteiger partial charge in [-0.1, -0.05) is 128 Å². The van der Waals surface area contributed by atoms with Crippen LogP contribution in [0.5, 0.6) is 0 Å². The number of rotatable bonds is 29. The van der Waals surface area contributed by atoms with Crippen molar-refractivity contribution in [3.05, 3.63) is 24.3 Å². The SMILES string of the molecule is CCCCC/C=C\C/C=C\CCCCCCCCCC(CCCCCCCCC(=O)O)CCCN(C)C. The minimum atomic E-state index is -0.652. The van der Waals surface area contributed by atoms with E-state index in [1.807, 2.05) is 0 Å². The second-order valence-corrected chi connectivity index (χ2v) is 11.6. The van der Waals surface area contributed by atoms with Gasteiger partial charge in [0.2, 0.25) is 0 Å². The van der Waals surface area contributed by atoms with Crippen LogP contribution in [-0.4, -0.2) is 36.6 Å². The largest absolute Gasteiger partial charge is 0.481 e. The molecular weight excluding hydrogens is 454 g/mol. The second kappa shape index (κ2) is 29.5. The predicted octanol–water partition coefficient (Wildman–Crippen LogP) is 10.7. The number of hydrogen-bond donors (Lipinski definition) is 1. The topological polar surface area (TPSA) is 40.5 Å². The molecule has 0 amide bonds. The fourth-order valence-corrected chi connectivity index (χ4v) is 5.14. The van der Waals surface area contributed by atoms with Gasteiger partial charge < -0.3 is 10.0 Å². The van der Waals surface area contributed by atoms with Crippen molar-refractivity contribution in [2.24, 2.45) is 5.92 Å². The first-order valence-corrected chi connectivity index (χ1v) is 16.2. The smallest absolute Gasteiger partial charge is 0.303 e. The monoisotopic (exact) mass is 520 g/mol. The molecule has 3 nitrogen and oxygen atoms in total. The number of carboxylic acid groups (broad SMARTS) is 1. The Kier molecular flexibility index (Phi) is 28.6. The van der Waals surface area contributed by atoms with Gasteiger partial charge in [-0.2, -0.15) is 0 Å². The van der Waals surface area contributed by atoms with E-state index in [-0.39, 0.29) is 0 Å². The van der Waals surface area contributed by atoms with Crippen molar-refractivity contribution in [1.82, 2.24) is 4.90 Å². The van der Waals surface area contributed by atoms with Gasteiger partial charge in [-0.3, -0.25) is 4.79 Å². The summed E-state index contributed by atoms with van der Waals surface area (Å²) in [6, 6.07) is 0. The average Bonchev–Trinajstić information content (AvgIpc) is 2.86. The van der Waals surface area contributed by atoms with Crippen molar-refractivity contribution in [2.45, 2.75) is 161 Å². The summed E-state index contributed by atoms with van der Waals surface area (Å²) < 4.78 is 0. The van der Waals surface area contributed by atoms with E-state index in [4.69, 9.17) is 5.11 Å². The summed E-state index contributed by atoms with van der Waals surface area (Å²) in [7, 11) is 4.37. The van der Waals surface area contributed by atoms with Crippen molar-refractivity contribution < 1.29 is 9.90 Å². The highest BCUT2D eigenvalue weighted by Gasteiger charge is 2.09. The predicted molar refractivity (Wildman–Crippen MR) is 164 cm³/mol. The van der Waals surface area contributed by atoms with Crippen LogP contribution in [0.15, 0.2) is 24.3 Å².